The van der Waals surface area contributed by atoms with E-state index in [1.165, 1.54) is 6.33 Å². The van der Waals surface area contributed by atoms with Gasteiger partial charge in [-0.25, -0.2) is 23.7 Å². The molecule has 208 valence electrons. The number of H-pyrrole nitrogens is 1. The molecule has 13 heteroatoms. The Balaban J connectivity index is 1.23. The number of piperidine rings is 1. The third-order valence-corrected chi connectivity index (χ3v) is 6.95. The maximum Gasteiger partial charge on any atom is 0.243 e. The molecule has 2 atom stereocenters. The summed E-state index contributed by atoms with van der Waals surface area (Å²) in [5.74, 6) is 0.740. The van der Waals surface area contributed by atoms with Crippen LogP contribution in [0.1, 0.15) is 12.0 Å². The second kappa shape index (κ2) is 10.8. The number of carbonyl (C=O) groups excluding carboxylic acids is 1. The molecule has 0 spiro atoms. The van der Waals surface area contributed by atoms with Crippen molar-refractivity contribution >= 4 is 45.3 Å². The van der Waals surface area contributed by atoms with Crippen molar-refractivity contribution in [2.45, 2.75) is 25.6 Å². The van der Waals surface area contributed by atoms with Gasteiger partial charge in [0.1, 0.15) is 46.4 Å². The van der Waals surface area contributed by atoms with Crippen LogP contribution in [-0.4, -0.2) is 61.6 Å². The van der Waals surface area contributed by atoms with Crippen LogP contribution in [0.5, 0.6) is 11.5 Å². The third kappa shape index (κ3) is 5.21. The van der Waals surface area contributed by atoms with Gasteiger partial charge in [-0.3, -0.25) is 4.79 Å². The summed E-state index contributed by atoms with van der Waals surface area (Å²) in [5.41, 5.74) is 2.74. The third-order valence-electron chi connectivity index (χ3n) is 6.95. The van der Waals surface area contributed by atoms with Crippen LogP contribution in [0.15, 0.2) is 61.4 Å². The van der Waals surface area contributed by atoms with Crippen LogP contribution in [0.3, 0.4) is 0 Å². The van der Waals surface area contributed by atoms with Crippen molar-refractivity contribution in [3.63, 3.8) is 0 Å². The van der Waals surface area contributed by atoms with E-state index in [1.807, 2.05) is 0 Å². The van der Waals surface area contributed by atoms with Gasteiger partial charge < -0.3 is 20.3 Å². The van der Waals surface area contributed by atoms with Gasteiger partial charge in [-0.1, -0.05) is 6.58 Å². The minimum atomic E-state index is -1.29. The Hall–Kier alpha value is -5.20. The second-order valence-electron chi connectivity index (χ2n) is 9.58. The zero-order valence-electron chi connectivity index (χ0n) is 21.9. The zero-order valence-corrected chi connectivity index (χ0v) is 21.9. The standard InChI is InChI=1S/C28H25F2N9O2/c1-3-25(40)33-18-10-11-39(13-17(18)29)24-9-7-21-27(35-24)28(32-14-31-21)34-20-6-8-23(15(2)26(20)30)41-16-4-5-19-22(12-16)37-38-36-19/h3-9,12,14,17-18H,1,10-11,13H2,2H3,(H,33,40)(H,31,32,34)(H,36,37,38)/t17-,18-/m0/s1. The van der Waals surface area contributed by atoms with Crippen LogP contribution in [0.4, 0.5) is 26.1 Å². The highest BCUT2D eigenvalue weighted by Crippen LogP contribution is 2.33. The van der Waals surface area contributed by atoms with Crippen molar-refractivity contribution < 1.29 is 18.3 Å². The number of amides is 1. The molecule has 1 amide bonds. The molecule has 3 aromatic heterocycles. The smallest absolute Gasteiger partial charge is 0.243 e. The van der Waals surface area contributed by atoms with Crippen LogP contribution in [-0.2, 0) is 4.79 Å². The summed E-state index contributed by atoms with van der Waals surface area (Å²) in [6.07, 6.45) is 1.61. The van der Waals surface area contributed by atoms with Crippen molar-refractivity contribution in [3.8, 4) is 11.5 Å². The molecule has 1 aliphatic heterocycles. The van der Waals surface area contributed by atoms with Crippen LogP contribution in [0.2, 0.25) is 0 Å². The molecule has 6 rings (SSSR count). The Morgan fingerprint density at radius 3 is 2.80 bits per heavy atom. The highest BCUT2D eigenvalue weighted by molar-refractivity contribution is 5.88. The average molecular weight is 558 g/mol. The summed E-state index contributed by atoms with van der Waals surface area (Å²) in [6.45, 7) is 5.56. The number of aromatic nitrogens is 6. The van der Waals surface area contributed by atoms with Gasteiger partial charge in [0.05, 0.1) is 23.8 Å². The monoisotopic (exact) mass is 557 g/mol. The Labute approximate surface area is 232 Å². The number of aromatic amines is 1. The SMILES string of the molecule is C=CC(=O)N[C@H]1CCN(c2ccc3ncnc(Nc4ccc(Oc5ccc6n[nH]nc6c5)c(C)c4F)c3n2)C[C@@H]1F. The first-order valence-electron chi connectivity index (χ1n) is 12.9. The number of alkyl halides is 1. The summed E-state index contributed by atoms with van der Waals surface area (Å²) in [6, 6.07) is 11.3. The summed E-state index contributed by atoms with van der Waals surface area (Å²) >= 11 is 0. The molecular weight excluding hydrogens is 532 g/mol. The van der Waals surface area contributed by atoms with Crippen LogP contribution in [0, 0.1) is 12.7 Å². The molecule has 0 radical (unpaired) electrons. The molecule has 2 aromatic carbocycles. The normalized spacial score (nSPS) is 17.0. The number of hydrogen-bond acceptors (Lipinski definition) is 9. The number of nitrogens with one attached hydrogen (secondary N) is 3. The van der Waals surface area contributed by atoms with Gasteiger partial charge in [-0.05, 0) is 55.8 Å². The van der Waals surface area contributed by atoms with Gasteiger partial charge in [0, 0.05) is 18.2 Å². The Bertz CT molecular complexity index is 1780. The molecule has 4 heterocycles. The van der Waals surface area contributed by atoms with Crippen molar-refractivity contribution in [2.24, 2.45) is 0 Å². The Morgan fingerprint density at radius 1 is 1.15 bits per heavy atom. The average Bonchev–Trinajstić information content (AvgIpc) is 3.46. The number of fused-ring (bicyclic) bond motifs is 2. The summed E-state index contributed by atoms with van der Waals surface area (Å²) in [5, 5.41) is 16.3. The number of carbonyl (C=O) groups is 1. The zero-order chi connectivity index (χ0) is 28.5. The van der Waals surface area contributed by atoms with Crippen molar-refractivity contribution in [3.05, 3.63) is 72.8 Å². The fraction of sp³-hybridized carbons (Fsp3) is 0.214. The highest BCUT2D eigenvalue weighted by Gasteiger charge is 2.30. The van der Waals surface area contributed by atoms with Gasteiger partial charge in [0.2, 0.25) is 5.91 Å². The lowest BCUT2D eigenvalue weighted by atomic mass is 10.0. The molecule has 0 bridgehead atoms. The maximum atomic E-state index is 15.5. The molecule has 11 nitrogen and oxygen atoms in total. The molecular formula is C28H25F2N9O2. The predicted molar refractivity (Wildman–Crippen MR) is 150 cm³/mol. The summed E-state index contributed by atoms with van der Waals surface area (Å²) in [4.78, 5) is 26.7. The topological polar surface area (TPSA) is 134 Å². The molecule has 5 aromatic rings. The number of pyridine rings is 1. The van der Waals surface area contributed by atoms with Crippen molar-refractivity contribution in [2.75, 3.05) is 23.3 Å². The van der Waals surface area contributed by atoms with Gasteiger partial charge in [0.15, 0.2) is 11.6 Å². The van der Waals surface area contributed by atoms with E-state index in [1.54, 1.807) is 54.3 Å². The number of anilines is 3. The minimum Gasteiger partial charge on any atom is -0.457 e. The van der Waals surface area contributed by atoms with E-state index in [-0.39, 0.29) is 12.2 Å². The van der Waals surface area contributed by atoms with E-state index >= 15 is 4.39 Å². The molecule has 3 N–H and O–H groups in total. The van der Waals surface area contributed by atoms with E-state index < -0.39 is 23.9 Å². The fourth-order valence-electron chi connectivity index (χ4n) is 4.73. The first kappa shape index (κ1) is 26.0. The quantitative estimate of drug-likeness (QED) is 0.247. The minimum absolute atomic E-state index is 0.0515. The molecule has 0 unspecified atom stereocenters. The van der Waals surface area contributed by atoms with E-state index in [2.05, 4.69) is 47.6 Å². The highest BCUT2D eigenvalue weighted by atomic mass is 19.1. The van der Waals surface area contributed by atoms with Crippen LogP contribution < -0.4 is 20.3 Å². The van der Waals surface area contributed by atoms with Crippen LogP contribution in [0.25, 0.3) is 22.1 Å². The lowest BCUT2D eigenvalue weighted by Gasteiger charge is -2.35. The first-order chi connectivity index (χ1) is 19.9. The predicted octanol–water partition coefficient (Wildman–Crippen LogP) is 4.50. The number of benzene rings is 2. The molecule has 0 saturated carbocycles. The number of halogens is 2. The van der Waals surface area contributed by atoms with Crippen LogP contribution >= 0.6 is 0 Å². The molecule has 1 saturated heterocycles. The summed E-state index contributed by atoms with van der Waals surface area (Å²) < 4.78 is 36.3. The van der Waals surface area contributed by atoms with Gasteiger partial charge in [-0.2, -0.15) is 15.4 Å². The molecule has 1 fully saturated rings. The van der Waals surface area contributed by atoms with Gasteiger partial charge >= 0.3 is 0 Å². The van der Waals surface area contributed by atoms with Crippen molar-refractivity contribution in [1.82, 2.24) is 35.7 Å². The van der Waals surface area contributed by atoms with E-state index in [9.17, 15) is 9.18 Å². The first-order valence-corrected chi connectivity index (χ1v) is 12.9. The summed E-state index contributed by atoms with van der Waals surface area (Å²) in [7, 11) is 0. The van der Waals surface area contributed by atoms with E-state index in [4.69, 9.17) is 4.74 Å². The van der Waals surface area contributed by atoms with E-state index in [0.717, 1.165) is 6.08 Å². The molecule has 0 aliphatic carbocycles. The Morgan fingerprint density at radius 2 is 1.98 bits per heavy atom. The number of nitrogens with zero attached hydrogens (tertiary/aromatic N) is 6. The second-order valence-corrected chi connectivity index (χ2v) is 9.58. The lowest BCUT2D eigenvalue weighted by molar-refractivity contribution is -0.117. The number of ether oxygens (including phenoxy) is 1. The lowest BCUT2D eigenvalue weighted by Crippen LogP contribution is -2.52. The van der Waals surface area contributed by atoms with Crippen molar-refractivity contribution in [1.29, 1.82) is 0 Å². The largest absolute Gasteiger partial charge is 0.457 e. The van der Waals surface area contributed by atoms with Gasteiger partial charge in [-0.15, -0.1) is 0 Å². The molecule has 41 heavy (non-hydrogen) atoms. The Kier molecular flexibility index (Phi) is 6.83. The fourth-order valence-corrected chi connectivity index (χ4v) is 4.73. The number of rotatable bonds is 7. The molecule has 1 aliphatic rings. The van der Waals surface area contributed by atoms with Gasteiger partial charge in [0.25, 0.3) is 0 Å². The maximum absolute atomic E-state index is 15.5. The van der Waals surface area contributed by atoms with E-state index in [0.29, 0.717) is 63.7 Å². The number of hydrogen-bond donors (Lipinski definition) is 3.